The van der Waals surface area contributed by atoms with E-state index in [4.69, 9.17) is 23.2 Å². The molecule has 2 N–H and O–H groups in total. The lowest BCUT2D eigenvalue weighted by Gasteiger charge is -2.31. The van der Waals surface area contributed by atoms with Gasteiger partial charge in [0.05, 0.1) is 33.3 Å². The Morgan fingerprint density at radius 3 is 2.55 bits per heavy atom. The van der Waals surface area contributed by atoms with Crippen molar-refractivity contribution in [1.82, 2.24) is 9.55 Å². The number of rotatable bonds is 1. The zero-order valence-electron chi connectivity index (χ0n) is 10.4. The van der Waals surface area contributed by atoms with Gasteiger partial charge < -0.3 is 14.8 Å². The van der Waals surface area contributed by atoms with E-state index < -0.39 is 12.2 Å². The lowest BCUT2D eigenvalue weighted by Crippen LogP contribution is -2.34. The molecule has 1 aliphatic rings. The van der Waals surface area contributed by atoms with E-state index in [-0.39, 0.29) is 6.04 Å². The first-order valence-electron chi connectivity index (χ1n) is 6.36. The summed E-state index contributed by atoms with van der Waals surface area (Å²) in [4.78, 5) is 4.43. The molecule has 0 aliphatic heterocycles. The second kappa shape index (κ2) is 5.46. The maximum absolute atomic E-state index is 9.86. The number of hydrogen-bond donors (Lipinski definition) is 2. The van der Waals surface area contributed by atoms with Crippen LogP contribution in [-0.4, -0.2) is 32.0 Å². The van der Waals surface area contributed by atoms with Gasteiger partial charge in [-0.05, 0) is 47.3 Å². The van der Waals surface area contributed by atoms with Gasteiger partial charge in [-0.1, -0.05) is 23.2 Å². The molecule has 0 bridgehead atoms. The normalized spacial score (nSPS) is 27.1. The van der Waals surface area contributed by atoms with Crippen LogP contribution < -0.4 is 0 Å². The fourth-order valence-corrected chi connectivity index (χ4v) is 3.74. The van der Waals surface area contributed by atoms with E-state index in [1.807, 2.05) is 4.57 Å². The van der Waals surface area contributed by atoms with Crippen molar-refractivity contribution < 1.29 is 10.2 Å². The molecule has 3 atom stereocenters. The minimum absolute atomic E-state index is 0.0741. The van der Waals surface area contributed by atoms with Crippen molar-refractivity contribution in [3.8, 4) is 0 Å². The SMILES string of the molecule is OC1CCC(n2c(Br)nc3cc(Cl)c(Cl)cc32)C[C@H]1O. The summed E-state index contributed by atoms with van der Waals surface area (Å²) >= 11 is 15.5. The second-order valence-corrected chi connectivity index (χ2v) is 6.63. The molecule has 0 saturated heterocycles. The van der Waals surface area contributed by atoms with E-state index in [0.717, 1.165) is 17.5 Å². The Kier molecular flexibility index (Phi) is 3.99. The van der Waals surface area contributed by atoms with Gasteiger partial charge in [0.25, 0.3) is 0 Å². The highest BCUT2D eigenvalue weighted by molar-refractivity contribution is 9.10. The summed E-state index contributed by atoms with van der Waals surface area (Å²) in [6, 6.07) is 3.59. The smallest absolute Gasteiger partial charge is 0.178 e. The Morgan fingerprint density at radius 1 is 1.15 bits per heavy atom. The van der Waals surface area contributed by atoms with Gasteiger partial charge >= 0.3 is 0 Å². The number of nitrogens with zero attached hydrogens (tertiary/aromatic N) is 2. The molecule has 108 valence electrons. The van der Waals surface area contributed by atoms with Crippen molar-refractivity contribution in [3.63, 3.8) is 0 Å². The van der Waals surface area contributed by atoms with Gasteiger partial charge in [-0.15, -0.1) is 0 Å². The van der Waals surface area contributed by atoms with Crippen LogP contribution in [-0.2, 0) is 0 Å². The monoisotopic (exact) mass is 378 g/mol. The summed E-state index contributed by atoms with van der Waals surface area (Å²) in [6.45, 7) is 0. The highest BCUT2D eigenvalue weighted by Crippen LogP contribution is 2.36. The van der Waals surface area contributed by atoms with Crippen LogP contribution in [0.25, 0.3) is 11.0 Å². The fourth-order valence-electron chi connectivity index (χ4n) is 2.75. The largest absolute Gasteiger partial charge is 0.390 e. The van der Waals surface area contributed by atoms with Gasteiger partial charge in [0, 0.05) is 6.04 Å². The number of hydrogen-bond acceptors (Lipinski definition) is 3. The van der Waals surface area contributed by atoms with Gasteiger partial charge in [0.1, 0.15) is 0 Å². The molecule has 7 heteroatoms. The first kappa shape index (κ1) is 14.6. The third-order valence-electron chi connectivity index (χ3n) is 3.81. The van der Waals surface area contributed by atoms with Gasteiger partial charge in [-0.25, -0.2) is 4.98 Å². The quantitative estimate of drug-likeness (QED) is 0.796. The van der Waals surface area contributed by atoms with Crippen molar-refractivity contribution in [2.45, 2.75) is 37.5 Å². The van der Waals surface area contributed by atoms with Crippen LogP contribution in [0.4, 0.5) is 0 Å². The van der Waals surface area contributed by atoms with E-state index in [0.29, 0.717) is 27.6 Å². The van der Waals surface area contributed by atoms with E-state index in [1.54, 1.807) is 12.1 Å². The number of aliphatic hydroxyl groups is 2. The van der Waals surface area contributed by atoms with E-state index in [1.165, 1.54) is 0 Å². The average Bonchev–Trinajstić information content (AvgIpc) is 2.69. The van der Waals surface area contributed by atoms with Gasteiger partial charge in [-0.3, -0.25) is 0 Å². The Balaban J connectivity index is 2.07. The van der Waals surface area contributed by atoms with Crippen LogP contribution in [0.2, 0.25) is 10.0 Å². The summed E-state index contributed by atoms with van der Waals surface area (Å²) in [7, 11) is 0. The second-order valence-electron chi connectivity index (χ2n) is 5.11. The van der Waals surface area contributed by atoms with Crippen LogP contribution in [0.1, 0.15) is 25.3 Å². The van der Waals surface area contributed by atoms with Gasteiger partial charge in [0.2, 0.25) is 0 Å². The lowest BCUT2D eigenvalue weighted by atomic mass is 9.90. The average molecular weight is 380 g/mol. The molecule has 1 heterocycles. The zero-order chi connectivity index (χ0) is 14.4. The van der Waals surface area contributed by atoms with Crippen LogP contribution in [0.15, 0.2) is 16.9 Å². The molecular weight excluding hydrogens is 367 g/mol. The predicted molar refractivity (Wildman–Crippen MR) is 82.4 cm³/mol. The van der Waals surface area contributed by atoms with Crippen molar-refractivity contribution in [1.29, 1.82) is 0 Å². The highest BCUT2D eigenvalue weighted by Gasteiger charge is 2.30. The standard InChI is InChI=1S/C13H13BrCl2N2O2/c14-13-17-9-4-7(15)8(16)5-10(9)18(13)6-1-2-11(19)12(20)3-6/h4-6,11-12,19-20H,1-3H2/t6?,11?,12-/m1/s1. The molecule has 0 radical (unpaired) electrons. The van der Waals surface area contributed by atoms with Gasteiger partial charge in [0.15, 0.2) is 4.73 Å². The maximum Gasteiger partial charge on any atom is 0.178 e. The van der Waals surface area contributed by atoms with Crippen LogP contribution >= 0.6 is 39.1 Å². The summed E-state index contributed by atoms with van der Waals surface area (Å²) in [6.07, 6.45) is 0.492. The molecule has 1 aliphatic carbocycles. The van der Waals surface area contributed by atoms with Crippen molar-refractivity contribution in [2.75, 3.05) is 0 Å². The maximum atomic E-state index is 9.86. The predicted octanol–water partition coefficient (Wildman–Crippen LogP) is 3.55. The van der Waals surface area contributed by atoms with Gasteiger partial charge in [-0.2, -0.15) is 0 Å². The summed E-state index contributed by atoms with van der Waals surface area (Å²) in [5, 5.41) is 20.4. The Hall–Kier alpha value is -0.330. The molecule has 20 heavy (non-hydrogen) atoms. The van der Waals surface area contributed by atoms with Crippen LogP contribution in [0, 0.1) is 0 Å². The Morgan fingerprint density at radius 2 is 1.85 bits per heavy atom. The first-order chi connectivity index (χ1) is 9.47. The number of imidazole rings is 1. The highest BCUT2D eigenvalue weighted by atomic mass is 79.9. The van der Waals surface area contributed by atoms with Crippen molar-refractivity contribution >= 4 is 50.2 Å². The van der Waals surface area contributed by atoms with Crippen LogP contribution in [0.3, 0.4) is 0 Å². The van der Waals surface area contributed by atoms with E-state index in [9.17, 15) is 10.2 Å². The summed E-state index contributed by atoms with van der Waals surface area (Å²) in [5.74, 6) is 0. The van der Waals surface area contributed by atoms with E-state index >= 15 is 0 Å². The molecule has 1 fully saturated rings. The molecule has 2 aromatic rings. The molecule has 1 aromatic carbocycles. The molecular formula is C13H13BrCl2N2O2. The van der Waals surface area contributed by atoms with Crippen molar-refractivity contribution in [2.24, 2.45) is 0 Å². The number of halogens is 3. The molecule has 4 nitrogen and oxygen atoms in total. The number of aromatic nitrogens is 2. The minimum atomic E-state index is -0.708. The minimum Gasteiger partial charge on any atom is -0.390 e. The molecule has 0 amide bonds. The number of aliphatic hydroxyl groups excluding tert-OH is 2. The third kappa shape index (κ3) is 2.46. The molecule has 2 unspecified atom stereocenters. The lowest BCUT2D eigenvalue weighted by molar-refractivity contribution is -0.0227. The number of benzene rings is 1. The molecule has 1 aromatic heterocycles. The number of fused-ring (bicyclic) bond motifs is 1. The molecule has 0 spiro atoms. The third-order valence-corrected chi connectivity index (χ3v) is 5.09. The van der Waals surface area contributed by atoms with Crippen molar-refractivity contribution in [3.05, 3.63) is 26.9 Å². The summed E-state index contributed by atoms with van der Waals surface area (Å²) in [5.41, 5.74) is 1.63. The molecule has 1 saturated carbocycles. The van der Waals surface area contributed by atoms with E-state index in [2.05, 4.69) is 20.9 Å². The Labute approximate surface area is 134 Å². The first-order valence-corrected chi connectivity index (χ1v) is 7.91. The fraction of sp³-hybridized carbons (Fsp3) is 0.462. The van der Waals surface area contributed by atoms with Crippen LogP contribution in [0.5, 0.6) is 0 Å². The summed E-state index contributed by atoms with van der Waals surface area (Å²) < 4.78 is 2.69. The zero-order valence-corrected chi connectivity index (χ0v) is 13.5. The Bertz CT molecular complexity index is 661. The molecule has 3 rings (SSSR count). The topological polar surface area (TPSA) is 58.3 Å².